The van der Waals surface area contributed by atoms with Crippen LogP contribution in [0.1, 0.15) is 0 Å². The molecular weight excluding hydrogens is 327 g/mol. The van der Waals surface area contributed by atoms with E-state index in [0.717, 1.165) is 0 Å². The van der Waals surface area contributed by atoms with E-state index in [1.807, 2.05) is 0 Å². The number of primary amides is 1. The van der Waals surface area contributed by atoms with Crippen molar-refractivity contribution < 1.29 is 18.0 Å². The molecule has 1 aromatic rings. The molecule has 0 aliphatic heterocycles. The summed E-state index contributed by atoms with van der Waals surface area (Å²) in [5.74, 6) is -0.842. The molecule has 0 saturated carbocycles. The van der Waals surface area contributed by atoms with Gasteiger partial charge in [0.1, 0.15) is 11.5 Å². The van der Waals surface area contributed by atoms with Crippen molar-refractivity contribution in [3.63, 3.8) is 0 Å². The van der Waals surface area contributed by atoms with Gasteiger partial charge in [0, 0.05) is 5.02 Å². The van der Waals surface area contributed by atoms with E-state index >= 15 is 0 Å². The third-order valence-electron chi connectivity index (χ3n) is 1.61. The normalized spacial score (nSPS) is 11.5. The van der Waals surface area contributed by atoms with E-state index in [9.17, 15) is 13.2 Å². The molecular formula is C8H7Cl3N2O4S. The fraction of sp³-hybridized carbons (Fsp3) is 0.125. The van der Waals surface area contributed by atoms with Gasteiger partial charge in [0.15, 0.2) is 0 Å². The van der Waals surface area contributed by atoms with Gasteiger partial charge in [-0.15, -0.1) is 0 Å². The van der Waals surface area contributed by atoms with Crippen LogP contribution < -0.4 is 10.6 Å². The molecule has 0 bridgehead atoms. The summed E-state index contributed by atoms with van der Waals surface area (Å²) in [5.41, 5.74) is 4.77. The minimum Gasteiger partial charge on any atom is -0.368 e. The number of amides is 1. The summed E-state index contributed by atoms with van der Waals surface area (Å²) in [4.78, 5) is 16.0. The molecule has 100 valence electrons. The summed E-state index contributed by atoms with van der Waals surface area (Å²) >= 11 is 17.1. The van der Waals surface area contributed by atoms with Crippen LogP contribution in [-0.4, -0.2) is 20.9 Å². The molecule has 3 N–H and O–H groups in total. The second-order valence-electron chi connectivity index (χ2n) is 3.04. The van der Waals surface area contributed by atoms with Gasteiger partial charge in [0.05, 0.1) is 10.0 Å². The third-order valence-corrected chi connectivity index (χ3v) is 3.97. The highest BCUT2D eigenvalue weighted by atomic mass is 35.5. The third kappa shape index (κ3) is 3.98. The minimum atomic E-state index is -4.14. The van der Waals surface area contributed by atoms with E-state index in [2.05, 4.69) is 4.84 Å². The standard InChI is InChI=1S/C8H7Cl3N2O4S/c9-4-1-5(10)8(6(11)2-4)18(15,16)13-17-3-7(12)14/h1-2,13H,3H2,(H2,12,14). The Bertz CT molecular complexity index is 553. The number of rotatable bonds is 5. The molecule has 0 saturated heterocycles. The van der Waals surface area contributed by atoms with Crippen LogP contribution in [0.4, 0.5) is 0 Å². The quantitative estimate of drug-likeness (QED) is 0.794. The largest absolute Gasteiger partial charge is 0.368 e. The van der Waals surface area contributed by atoms with Gasteiger partial charge in [0.2, 0.25) is 5.91 Å². The van der Waals surface area contributed by atoms with Gasteiger partial charge in [-0.25, -0.2) is 8.42 Å². The molecule has 18 heavy (non-hydrogen) atoms. The molecule has 1 rings (SSSR count). The summed E-state index contributed by atoms with van der Waals surface area (Å²) in [7, 11) is -4.14. The Balaban J connectivity index is 3.02. The number of halogens is 3. The van der Waals surface area contributed by atoms with Crippen LogP contribution in [0, 0.1) is 0 Å². The van der Waals surface area contributed by atoms with Gasteiger partial charge in [-0.3, -0.25) is 9.63 Å². The zero-order valence-corrected chi connectivity index (χ0v) is 11.7. The molecule has 0 unspecified atom stereocenters. The second kappa shape index (κ2) is 6.05. The van der Waals surface area contributed by atoms with Crippen molar-refractivity contribution in [2.24, 2.45) is 5.73 Å². The molecule has 1 aromatic carbocycles. The Morgan fingerprint density at radius 1 is 1.28 bits per heavy atom. The van der Waals surface area contributed by atoms with Crippen molar-refractivity contribution in [3.8, 4) is 0 Å². The number of benzene rings is 1. The highest BCUT2D eigenvalue weighted by Crippen LogP contribution is 2.32. The van der Waals surface area contributed by atoms with Crippen LogP contribution in [0.2, 0.25) is 15.1 Å². The Hall–Kier alpha value is -0.570. The molecule has 0 aliphatic carbocycles. The first-order valence-corrected chi connectivity index (χ1v) is 6.92. The van der Waals surface area contributed by atoms with Crippen LogP contribution >= 0.6 is 34.8 Å². The van der Waals surface area contributed by atoms with Gasteiger partial charge in [-0.1, -0.05) is 39.7 Å². The Morgan fingerprint density at radius 2 is 1.78 bits per heavy atom. The molecule has 1 amide bonds. The van der Waals surface area contributed by atoms with Crippen molar-refractivity contribution in [2.75, 3.05) is 6.61 Å². The van der Waals surface area contributed by atoms with Gasteiger partial charge in [0.25, 0.3) is 10.0 Å². The van der Waals surface area contributed by atoms with E-state index in [4.69, 9.17) is 40.5 Å². The highest BCUT2D eigenvalue weighted by Gasteiger charge is 2.22. The van der Waals surface area contributed by atoms with E-state index in [-0.39, 0.29) is 15.1 Å². The van der Waals surface area contributed by atoms with E-state index < -0.39 is 27.4 Å². The number of nitrogens with two attached hydrogens (primary N) is 1. The van der Waals surface area contributed by atoms with Crippen molar-refractivity contribution >= 4 is 50.7 Å². The monoisotopic (exact) mass is 332 g/mol. The van der Waals surface area contributed by atoms with Gasteiger partial charge < -0.3 is 5.73 Å². The topological polar surface area (TPSA) is 98.5 Å². The Labute approximate surface area is 118 Å². The predicted molar refractivity (Wildman–Crippen MR) is 66.9 cm³/mol. The van der Waals surface area contributed by atoms with Crippen LogP contribution in [0.3, 0.4) is 0 Å². The Morgan fingerprint density at radius 3 is 2.22 bits per heavy atom. The molecule has 0 radical (unpaired) electrons. The van der Waals surface area contributed by atoms with Gasteiger partial charge in [-0.2, -0.15) is 0 Å². The maximum Gasteiger partial charge on any atom is 0.265 e. The number of carbonyl (C=O) groups excluding carboxylic acids is 1. The number of hydrogen-bond acceptors (Lipinski definition) is 4. The molecule has 6 nitrogen and oxygen atoms in total. The van der Waals surface area contributed by atoms with Crippen molar-refractivity contribution in [2.45, 2.75) is 4.90 Å². The number of nitrogens with one attached hydrogen (secondary N) is 1. The van der Waals surface area contributed by atoms with Crippen LogP contribution in [0.15, 0.2) is 17.0 Å². The first-order chi connectivity index (χ1) is 8.24. The number of hydrogen-bond donors (Lipinski definition) is 2. The summed E-state index contributed by atoms with van der Waals surface area (Å²) in [6, 6.07) is 2.41. The maximum atomic E-state index is 11.8. The lowest BCUT2D eigenvalue weighted by Gasteiger charge is -2.09. The molecule has 0 atom stereocenters. The molecule has 10 heteroatoms. The van der Waals surface area contributed by atoms with Crippen molar-refractivity contribution in [1.82, 2.24) is 4.89 Å². The van der Waals surface area contributed by atoms with Crippen LogP contribution in [0.25, 0.3) is 0 Å². The highest BCUT2D eigenvalue weighted by molar-refractivity contribution is 7.89. The van der Waals surface area contributed by atoms with E-state index in [1.165, 1.54) is 12.1 Å². The zero-order valence-electron chi connectivity index (χ0n) is 8.61. The lowest BCUT2D eigenvalue weighted by atomic mass is 10.4. The predicted octanol–water partition coefficient (Wildman–Crippen LogP) is 1.34. The average molecular weight is 334 g/mol. The molecule has 0 spiro atoms. The first-order valence-electron chi connectivity index (χ1n) is 4.30. The van der Waals surface area contributed by atoms with Gasteiger partial charge in [-0.05, 0) is 12.1 Å². The van der Waals surface area contributed by atoms with E-state index in [0.29, 0.717) is 0 Å². The molecule has 0 aromatic heterocycles. The zero-order chi connectivity index (χ0) is 13.9. The molecule has 0 fully saturated rings. The SMILES string of the molecule is NC(=O)CONS(=O)(=O)c1c(Cl)cc(Cl)cc1Cl. The summed E-state index contributed by atoms with van der Waals surface area (Å²) in [6.45, 7) is -0.623. The van der Waals surface area contributed by atoms with Crippen LogP contribution in [-0.2, 0) is 19.7 Å². The lowest BCUT2D eigenvalue weighted by molar-refractivity contribution is -0.123. The summed E-state index contributed by atoms with van der Waals surface area (Å²) in [5, 5.41) is -0.174. The number of carbonyl (C=O) groups is 1. The van der Waals surface area contributed by atoms with Crippen LogP contribution in [0.5, 0.6) is 0 Å². The average Bonchev–Trinajstić information content (AvgIpc) is 2.13. The van der Waals surface area contributed by atoms with Gasteiger partial charge >= 0.3 is 0 Å². The van der Waals surface area contributed by atoms with E-state index in [1.54, 1.807) is 4.89 Å². The van der Waals surface area contributed by atoms with Crippen molar-refractivity contribution in [3.05, 3.63) is 27.2 Å². The minimum absolute atomic E-state index is 0.178. The molecule has 0 heterocycles. The fourth-order valence-electron chi connectivity index (χ4n) is 1.01. The van der Waals surface area contributed by atoms with Crippen molar-refractivity contribution in [1.29, 1.82) is 0 Å². The second-order valence-corrected chi connectivity index (χ2v) is 5.87. The lowest BCUT2D eigenvalue weighted by Crippen LogP contribution is -2.29. The smallest absolute Gasteiger partial charge is 0.265 e. The fourth-order valence-corrected chi connectivity index (χ4v) is 3.36. The Kier molecular flexibility index (Phi) is 5.20. The molecule has 0 aliphatic rings. The maximum absolute atomic E-state index is 11.8. The first kappa shape index (κ1) is 15.5. The summed E-state index contributed by atoms with van der Waals surface area (Å²) < 4.78 is 23.5. The summed E-state index contributed by atoms with van der Waals surface area (Å²) in [6.07, 6.45) is 0. The number of sulfonamides is 1.